The minimum absolute atomic E-state index is 0.0656. The minimum atomic E-state index is -0.0656. The molecule has 2 aromatic rings. The maximum atomic E-state index is 12.7. The molecule has 0 N–H and O–H groups in total. The van der Waals surface area contributed by atoms with Crippen LogP contribution in [0.15, 0.2) is 52.4 Å². The Balaban J connectivity index is 1.89. The van der Waals surface area contributed by atoms with Gasteiger partial charge < -0.3 is 9.47 Å². The summed E-state index contributed by atoms with van der Waals surface area (Å²) in [6.07, 6.45) is 1.86. The molecule has 6 heteroatoms. The lowest BCUT2D eigenvalue weighted by molar-refractivity contribution is -0.121. The van der Waals surface area contributed by atoms with E-state index >= 15 is 0 Å². The van der Waals surface area contributed by atoms with Crippen LogP contribution in [-0.4, -0.2) is 36.2 Å². The van der Waals surface area contributed by atoms with Gasteiger partial charge in [-0.15, -0.1) is 0 Å². The number of hydrogen-bond acceptors (Lipinski definition) is 5. The van der Waals surface area contributed by atoms with Gasteiger partial charge in [-0.2, -0.15) is 0 Å². The number of thioether (sulfide) groups is 1. The molecule has 2 aromatic carbocycles. The Hall–Kier alpha value is -2.73. The lowest BCUT2D eigenvalue weighted by Gasteiger charge is -2.11. The molecule has 3 rings (SSSR count). The van der Waals surface area contributed by atoms with Gasteiger partial charge in [-0.1, -0.05) is 24.3 Å². The fraction of sp³-hybridized carbons (Fsp3) is 0.273. The Morgan fingerprint density at radius 2 is 1.79 bits per heavy atom. The van der Waals surface area contributed by atoms with Crippen molar-refractivity contribution in [1.29, 1.82) is 0 Å². The van der Waals surface area contributed by atoms with E-state index in [1.54, 1.807) is 11.9 Å². The van der Waals surface area contributed by atoms with Gasteiger partial charge in [0.15, 0.2) is 16.7 Å². The summed E-state index contributed by atoms with van der Waals surface area (Å²) < 4.78 is 11.3. The van der Waals surface area contributed by atoms with Gasteiger partial charge in [0.2, 0.25) is 0 Å². The van der Waals surface area contributed by atoms with Crippen LogP contribution in [0, 0.1) is 6.92 Å². The van der Waals surface area contributed by atoms with Gasteiger partial charge in [0.05, 0.1) is 23.8 Å². The summed E-state index contributed by atoms with van der Waals surface area (Å²) in [4.78, 5) is 19.6. The second-order valence-electron chi connectivity index (χ2n) is 6.23. The predicted molar refractivity (Wildman–Crippen MR) is 115 cm³/mol. The molecule has 0 saturated carbocycles. The van der Waals surface area contributed by atoms with Crippen molar-refractivity contribution in [2.75, 3.05) is 20.3 Å². The molecular formula is C22H24N2O3S. The van der Waals surface area contributed by atoms with Crippen LogP contribution in [0.25, 0.3) is 6.08 Å². The number of aliphatic imine (C=N–C) groups is 1. The van der Waals surface area contributed by atoms with Gasteiger partial charge in [0.25, 0.3) is 5.91 Å². The number of ether oxygens (including phenoxy) is 2. The topological polar surface area (TPSA) is 51.1 Å². The van der Waals surface area contributed by atoms with E-state index in [1.807, 2.05) is 69.3 Å². The normalized spacial score (nSPS) is 16.9. The second kappa shape index (κ2) is 8.97. The summed E-state index contributed by atoms with van der Waals surface area (Å²) in [5.74, 6) is 1.32. The van der Waals surface area contributed by atoms with Crippen molar-refractivity contribution >= 4 is 34.6 Å². The van der Waals surface area contributed by atoms with Crippen LogP contribution in [-0.2, 0) is 4.79 Å². The fourth-order valence-corrected chi connectivity index (χ4v) is 3.73. The predicted octanol–water partition coefficient (Wildman–Crippen LogP) is 5.03. The largest absolute Gasteiger partial charge is 0.490 e. The molecule has 1 amide bonds. The Morgan fingerprint density at radius 1 is 1.07 bits per heavy atom. The lowest BCUT2D eigenvalue weighted by Crippen LogP contribution is -2.23. The molecule has 0 bridgehead atoms. The first-order chi connectivity index (χ1) is 13.5. The number of rotatable bonds is 6. The zero-order valence-corrected chi connectivity index (χ0v) is 17.4. The number of hydrogen-bond donors (Lipinski definition) is 0. The molecule has 5 nitrogen and oxygen atoms in total. The molecule has 1 heterocycles. The van der Waals surface area contributed by atoms with E-state index in [2.05, 4.69) is 4.99 Å². The van der Waals surface area contributed by atoms with Gasteiger partial charge in [0.1, 0.15) is 0 Å². The first-order valence-electron chi connectivity index (χ1n) is 9.25. The van der Waals surface area contributed by atoms with Crippen molar-refractivity contribution in [3.63, 3.8) is 0 Å². The fourth-order valence-electron chi connectivity index (χ4n) is 2.75. The van der Waals surface area contributed by atoms with Gasteiger partial charge in [0, 0.05) is 7.05 Å². The third-order valence-electron chi connectivity index (χ3n) is 4.20. The maximum absolute atomic E-state index is 12.7. The van der Waals surface area contributed by atoms with E-state index < -0.39 is 0 Å². The molecule has 146 valence electrons. The molecule has 0 aliphatic carbocycles. The number of carbonyl (C=O) groups is 1. The highest BCUT2D eigenvalue weighted by molar-refractivity contribution is 8.18. The van der Waals surface area contributed by atoms with Crippen molar-refractivity contribution in [3.8, 4) is 11.5 Å². The molecule has 28 heavy (non-hydrogen) atoms. The summed E-state index contributed by atoms with van der Waals surface area (Å²) >= 11 is 1.37. The summed E-state index contributed by atoms with van der Waals surface area (Å²) in [6.45, 7) is 6.99. The number of amides is 1. The molecule has 0 spiro atoms. The molecule has 0 radical (unpaired) electrons. The quantitative estimate of drug-likeness (QED) is 0.643. The molecular weight excluding hydrogens is 372 g/mol. The molecule has 1 aliphatic rings. The van der Waals surface area contributed by atoms with E-state index in [0.29, 0.717) is 34.8 Å². The van der Waals surface area contributed by atoms with E-state index in [9.17, 15) is 4.79 Å². The van der Waals surface area contributed by atoms with Crippen LogP contribution in [0.4, 0.5) is 5.69 Å². The van der Waals surface area contributed by atoms with Crippen molar-refractivity contribution in [2.45, 2.75) is 20.8 Å². The van der Waals surface area contributed by atoms with Gasteiger partial charge in [-0.3, -0.25) is 9.69 Å². The smallest absolute Gasteiger partial charge is 0.266 e. The summed E-state index contributed by atoms with van der Waals surface area (Å²) in [5.41, 5.74) is 2.82. The van der Waals surface area contributed by atoms with Gasteiger partial charge >= 0.3 is 0 Å². The molecule has 1 aliphatic heterocycles. The Kier molecular flexibility index (Phi) is 6.41. The monoisotopic (exact) mass is 396 g/mol. The zero-order chi connectivity index (χ0) is 20.1. The van der Waals surface area contributed by atoms with Crippen LogP contribution >= 0.6 is 11.8 Å². The van der Waals surface area contributed by atoms with Gasteiger partial charge in [-0.05, 0) is 67.9 Å². The van der Waals surface area contributed by atoms with Crippen molar-refractivity contribution in [3.05, 3.63) is 58.5 Å². The molecule has 0 atom stereocenters. The number of amidine groups is 1. The Morgan fingerprint density at radius 3 is 2.50 bits per heavy atom. The standard InChI is InChI=1S/C22H24N2O3S/c1-5-26-18-12-11-16(13-19(18)27-6-2)14-20-21(25)24(4)22(28-20)23-17-10-8-7-9-15(17)3/h7-14H,5-6H2,1-4H3/b20-14+,23-22?. The third kappa shape index (κ3) is 4.39. The number of benzene rings is 2. The first kappa shape index (κ1) is 20.0. The highest BCUT2D eigenvalue weighted by Gasteiger charge is 2.30. The Bertz CT molecular complexity index is 937. The van der Waals surface area contributed by atoms with E-state index in [0.717, 1.165) is 16.8 Å². The van der Waals surface area contributed by atoms with Crippen LogP contribution < -0.4 is 9.47 Å². The molecule has 0 aromatic heterocycles. The number of nitrogens with zero attached hydrogens (tertiary/aromatic N) is 2. The maximum Gasteiger partial charge on any atom is 0.266 e. The minimum Gasteiger partial charge on any atom is -0.490 e. The Labute approximate surface area is 170 Å². The highest BCUT2D eigenvalue weighted by atomic mass is 32.2. The number of carbonyl (C=O) groups excluding carboxylic acids is 1. The lowest BCUT2D eigenvalue weighted by atomic mass is 10.2. The first-order valence-corrected chi connectivity index (χ1v) is 10.1. The van der Waals surface area contributed by atoms with Crippen LogP contribution in [0.2, 0.25) is 0 Å². The van der Waals surface area contributed by atoms with Crippen LogP contribution in [0.5, 0.6) is 11.5 Å². The number of para-hydroxylation sites is 1. The van der Waals surface area contributed by atoms with Crippen molar-refractivity contribution in [1.82, 2.24) is 4.90 Å². The molecule has 1 saturated heterocycles. The SMILES string of the molecule is CCOc1ccc(/C=C2/SC(=Nc3ccccc3C)N(C)C2=O)cc1OCC. The summed E-state index contributed by atoms with van der Waals surface area (Å²) in [6, 6.07) is 13.6. The van der Waals surface area contributed by atoms with Crippen molar-refractivity contribution in [2.24, 2.45) is 4.99 Å². The van der Waals surface area contributed by atoms with E-state index in [-0.39, 0.29) is 5.91 Å². The van der Waals surface area contributed by atoms with Crippen LogP contribution in [0.1, 0.15) is 25.0 Å². The van der Waals surface area contributed by atoms with Crippen LogP contribution in [0.3, 0.4) is 0 Å². The van der Waals surface area contributed by atoms with Gasteiger partial charge in [-0.25, -0.2) is 4.99 Å². The summed E-state index contributed by atoms with van der Waals surface area (Å²) in [7, 11) is 1.75. The molecule has 1 fully saturated rings. The van der Waals surface area contributed by atoms with Crippen molar-refractivity contribution < 1.29 is 14.3 Å². The summed E-state index contributed by atoms with van der Waals surface area (Å²) in [5, 5.41) is 0.668. The average Bonchev–Trinajstić information content (AvgIpc) is 2.94. The molecule has 0 unspecified atom stereocenters. The third-order valence-corrected chi connectivity index (χ3v) is 5.26. The van der Waals surface area contributed by atoms with E-state index in [1.165, 1.54) is 11.8 Å². The number of likely N-dealkylation sites (N-methyl/N-ethyl adjacent to an activating group) is 1. The van der Waals surface area contributed by atoms with E-state index in [4.69, 9.17) is 9.47 Å². The highest BCUT2D eigenvalue weighted by Crippen LogP contribution is 2.35. The average molecular weight is 397 g/mol. The number of aryl methyl sites for hydroxylation is 1. The second-order valence-corrected chi connectivity index (χ2v) is 7.24. The zero-order valence-electron chi connectivity index (χ0n) is 16.6.